The zero-order valence-corrected chi connectivity index (χ0v) is 37.7. The molecule has 2 unspecified atom stereocenters. The van der Waals surface area contributed by atoms with E-state index in [0.717, 1.165) is 57.8 Å². The minimum absolute atomic E-state index is 0.165. The van der Waals surface area contributed by atoms with Crippen molar-refractivity contribution < 1.29 is 56.8 Å². The van der Waals surface area contributed by atoms with Crippen LogP contribution in [0.25, 0.3) is 0 Å². The van der Waals surface area contributed by atoms with Crippen LogP contribution in [0.4, 0.5) is 0 Å². The molecule has 0 amide bonds. The van der Waals surface area contributed by atoms with Gasteiger partial charge in [-0.25, -0.2) is 0 Å². The lowest BCUT2D eigenvalue weighted by molar-refractivity contribution is -0.297. The first-order valence-corrected chi connectivity index (χ1v) is 25.0. The number of hydrogen-bond acceptors (Lipinski definition) is 11. The number of aliphatic hydroxyl groups is 3. The Labute approximate surface area is 358 Å². The van der Waals surface area contributed by atoms with E-state index in [2.05, 4.69) is 38.2 Å². The second kappa shape index (κ2) is 36.8. The molecule has 12 nitrogen and oxygen atoms in total. The fraction of sp³-hybridized carbons (Fsp3) is 0.870. The Balaban J connectivity index is 2.44. The van der Waals surface area contributed by atoms with Gasteiger partial charge in [-0.1, -0.05) is 173 Å². The fourth-order valence-electron chi connectivity index (χ4n) is 7.14. The molecule has 0 bridgehead atoms. The summed E-state index contributed by atoms with van der Waals surface area (Å²) in [4.78, 5) is 25.4. The number of rotatable bonds is 39. The van der Waals surface area contributed by atoms with Crippen molar-refractivity contribution in [1.29, 1.82) is 0 Å². The van der Waals surface area contributed by atoms with Crippen LogP contribution in [0.3, 0.4) is 0 Å². The molecule has 1 aliphatic rings. The van der Waals surface area contributed by atoms with Crippen LogP contribution < -0.4 is 0 Å². The molecule has 346 valence electrons. The van der Waals surface area contributed by atoms with Crippen LogP contribution in [0, 0.1) is 0 Å². The van der Waals surface area contributed by atoms with Crippen LogP contribution in [0.1, 0.15) is 200 Å². The highest BCUT2D eigenvalue weighted by Crippen LogP contribution is 2.24. The van der Waals surface area contributed by atoms with Gasteiger partial charge in [0.1, 0.15) is 36.8 Å². The van der Waals surface area contributed by atoms with Gasteiger partial charge in [-0.2, -0.15) is 8.42 Å². The fourth-order valence-corrected chi connectivity index (χ4v) is 7.83. The van der Waals surface area contributed by atoms with Crippen molar-refractivity contribution in [3.63, 3.8) is 0 Å². The van der Waals surface area contributed by atoms with Gasteiger partial charge in [0, 0.05) is 12.8 Å². The number of hydrogen-bond donors (Lipinski definition) is 4. The van der Waals surface area contributed by atoms with Crippen molar-refractivity contribution in [1.82, 2.24) is 0 Å². The summed E-state index contributed by atoms with van der Waals surface area (Å²) in [7, 11) is -4.60. The summed E-state index contributed by atoms with van der Waals surface area (Å²) in [5, 5.41) is 30.9. The van der Waals surface area contributed by atoms with E-state index in [9.17, 15) is 37.9 Å². The van der Waals surface area contributed by atoms with Crippen molar-refractivity contribution >= 4 is 22.1 Å². The second-order valence-corrected chi connectivity index (χ2v) is 18.0. The monoisotopic (exact) mass is 861 g/mol. The van der Waals surface area contributed by atoms with Gasteiger partial charge in [-0.3, -0.25) is 14.1 Å². The minimum Gasteiger partial charge on any atom is -0.462 e. The van der Waals surface area contributed by atoms with Crippen LogP contribution in [0.15, 0.2) is 24.3 Å². The number of carbonyl (C=O) groups is 2. The Hall–Kier alpha value is -1.87. The van der Waals surface area contributed by atoms with Crippen molar-refractivity contribution in [2.24, 2.45) is 0 Å². The first kappa shape index (κ1) is 55.1. The van der Waals surface area contributed by atoms with Gasteiger partial charge in [0.05, 0.1) is 6.61 Å². The molecule has 0 radical (unpaired) electrons. The maximum atomic E-state index is 12.8. The third kappa shape index (κ3) is 31.6. The Kier molecular flexibility index (Phi) is 34.4. The summed E-state index contributed by atoms with van der Waals surface area (Å²) in [6.07, 6.45) is 30.7. The van der Waals surface area contributed by atoms with Crippen molar-refractivity contribution in [3.8, 4) is 0 Å². The molecule has 1 rings (SSSR count). The van der Waals surface area contributed by atoms with E-state index in [0.29, 0.717) is 12.8 Å². The molecule has 0 aromatic rings. The smallest absolute Gasteiger partial charge is 0.306 e. The zero-order valence-electron chi connectivity index (χ0n) is 36.9. The van der Waals surface area contributed by atoms with Gasteiger partial charge < -0.3 is 34.3 Å². The van der Waals surface area contributed by atoms with E-state index < -0.39 is 71.2 Å². The molecule has 1 saturated heterocycles. The molecular formula is C46H84O12S. The summed E-state index contributed by atoms with van der Waals surface area (Å²) in [6.45, 7) is 3.74. The van der Waals surface area contributed by atoms with Gasteiger partial charge in [0.15, 0.2) is 12.4 Å². The number of carbonyl (C=O) groups excluding carboxylic acids is 2. The van der Waals surface area contributed by atoms with Gasteiger partial charge in [0.2, 0.25) is 0 Å². The molecule has 0 spiro atoms. The first-order chi connectivity index (χ1) is 28.5. The minimum atomic E-state index is -4.60. The number of unbranched alkanes of at least 4 members (excludes halogenated alkanes) is 24. The number of aliphatic hydroxyl groups excluding tert-OH is 3. The molecule has 1 fully saturated rings. The Morgan fingerprint density at radius 3 is 1.47 bits per heavy atom. The molecular weight excluding hydrogens is 777 g/mol. The zero-order chi connectivity index (χ0) is 43.4. The lowest BCUT2D eigenvalue weighted by atomic mass is 10.00. The number of ether oxygens (including phenoxy) is 4. The standard InChI is InChI=1S/C46H84O12S/c1-3-5-7-9-11-13-15-17-19-21-23-25-27-29-31-33-35-42(48)57-39(37-56-46-45(51)44(50)43(49)40(58-46)38-59(52,53)54)36-55-41(47)34-32-30-28-26-24-22-20-18-16-14-12-10-8-6-4-2/h14,16,18,20,39-40,43-46,49-51H,3-13,15,17,19,21-38H2,1-2H3,(H,52,53,54)/b16-14+,20-18+/t39-,40-,43-,44?,45?,46+/m1/s1. The van der Waals surface area contributed by atoms with Crippen LogP contribution in [-0.4, -0.2) is 96.0 Å². The van der Waals surface area contributed by atoms with Gasteiger partial charge >= 0.3 is 11.9 Å². The highest BCUT2D eigenvalue weighted by Gasteiger charge is 2.46. The van der Waals surface area contributed by atoms with Crippen LogP contribution in [0.2, 0.25) is 0 Å². The summed E-state index contributed by atoms with van der Waals surface area (Å²) < 4.78 is 54.1. The second-order valence-electron chi connectivity index (χ2n) is 16.5. The maximum Gasteiger partial charge on any atom is 0.306 e. The molecule has 0 aromatic heterocycles. The molecule has 0 aromatic carbocycles. The lowest BCUT2D eigenvalue weighted by Gasteiger charge is -2.40. The molecule has 59 heavy (non-hydrogen) atoms. The SMILES string of the molecule is CCCCCC/C=C/C=C/CCCCCCCC(=O)OC[C@H](CO[C@H]1O[C@H](CS(=O)(=O)O)[C@@H](O)C(O)C1O)OC(=O)CCCCCCCCCCCCCCCCCC. The van der Waals surface area contributed by atoms with E-state index in [1.165, 1.54) is 103 Å². The topological polar surface area (TPSA) is 186 Å². The summed E-state index contributed by atoms with van der Waals surface area (Å²) in [5.41, 5.74) is 0. The average molecular weight is 861 g/mol. The van der Waals surface area contributed by atoms with E-state index in [1.54, 1.807) is 0 Å². The predicted octanol–water partition coefficient (Wildman–Crippen LogP) is 9.62. The van der Waals surface area contributed by atoms with Gasteiger partial charge in [-0.15, -0.1) is 0 Å². The number of esters is 2. The highest BCUT2D eigenvalue weighted by molar-refractivity contribution is 7.85. The highest BCUT2D eigenvalue weighted by atomic mass is 32.2. The summed E-state index contributed by atoms with van der Waals surface area (Å²) >= 11 is 0. The number of allylic oxidation sites excluding steroid dienone is 4. The molecule has 0 aliphatic carbocycles. The van der Waals surface area contributed by atoms with Crippen molar-refractivity contribution in [3.05, 3.63) is 24.3 Å². The Morgan fingerprint density at radius 1 is 0.576 bits per heavy atom. The van der Waals surface area contributed by atoms with Crippen LogP contribution in [-0.2, 0) is 38.7 Å². The Bertz CT molecular complexity index is 1190. The third-order valence-corrected chi connectivity index (χ3v) is 11.6. The van der Waals surface area contributed by atoms with E-state index in [-0.39, 0.29) is 19.4 Å². The molecule has 6 atom stereocenters. The lowest BCUT2D eigenvalue weighted by Crippen LogP contribution is -2.60. The summed E-state index contributed by atoms with van der Waals surface area (Å²) in [6, 6.07) is 0. The van der Waals surface area contributed by atoms with Crippen molar-refractivity contribution in [2.45, 2.75) is 237 Å². The molecule has 0 saturated carbocycles. The van der Waals surface area contributed by atoms with Crippen LogP contribution >= 0.6 is 0 Å². The van der Waals surface area contributed by atoms with Gasteiger partial charge in [0.25, 0.3) is 10.1 Å². The van der Waals surface area contributed by atoms with Gasteiger partial charge in [-0.05, 0) is 38.5 Å². The van der Waals surface area contributed by atoms with E-state index in [4.69, 9.17) is 18.9 Å². The van der Waals surface area contributed by atoms with Crippen LogP contribution in [0.5, 0.6) is 0 Å². The largest absolute Gasteiger partial charge is 0.462 e. The molecule has 1 aliphatic heterocycles. The average Bonchev–Trinajstić information content (AvgIpc) is 3.20. The third-order valence-electron chi connectivity index (χ3n) is 10.8. The summed E-state index contributed by atoms with van der Waals surface area (Å²) in [5.74, 6) is -1.99. The van der Waals surface area contributed by atoms with E-state index in [1.807, 2.05) is 0 Å². The predicted molar refractivity (Wildman–Crippen MR) is 233 cm³/mol. The molecule has 1 heterocycles. The van der Waals surface area contributed by atoms with E-state index >= 15 is 0 Å². The van der Waals surface area contributed by atoms with Crippen molar-refractivity contribution in [2.75, 3.05) is 19.0 Å². The Morgan fingerprint density at radius 2 is 1.00 bits per heavy atom. The first-order valence-electron chi connectivity index (χ1n) is 23.4. The normalized spacial score (nSPS) is 20.4. The maximum absolute atomic E-state index is 12.8. The molecule has 13 heteroatoms. The molecule has 4 N–H and O–H groups in total. The quantitative estimate of drug-likeness (QED) is 0.0199.